The molecule has 0 saturated carbocycles. The summed E-state index contributed by atoms with van der Waals surface area (Å²) >= 11 is 0. The zero-order valence-electron chi connectivity index (χ0n) is 8.37. The predicted molar refractivity (Wildman–Crippen MR) is 52.3 cm³/mol. The standard InChI is InChI=1S/C11H9F2NO2/c12-11(13,14-7-15)9-3-4-10-8(6-9)2-1-5-16-10/h3-4,6H,1-2,5H2. The van der Waals surface area contributed by atoms with Crippen LogP contribution in [0.4, 0.5) is 8.78 Å². The molecule has 84 valence electrons. The van der Waals surface area contributed by atoms with Gasteiger partial charge in [-0.3, -0.25) is 0 Å². The van der Waals surface area contributed by atoms with Crippen molar-refractivity contribution in [3.05, 3.63) is 29.3 Å². The summed E-state index contributed by atoms with van der Waals surface area (Å²) in [5, 5.41) is 0. The van der Waals surface area contributed by atoms with E-state index in [0.717, 1.165) is 18.1 Å². The Labute approximate surface area is 90.8 Å². The maximum atomic E-state index is 13.3. The van der Waals surface area contributed by atoms with Crippen LogP contribution in [0.25, 0.3) is 0 Å². The molecule has 3 nitrogen and oxygen atoms in total. The van der Waals surface area contributed by atoms with Gasteiger partial charge in [0.1, 0.15) is 5.75 Å². The molecule has 1 aromatic rings. The maximum Gasteiger partial charge on any atom is 0.379 e. The molecule has 0 aliphatic carbocycles. The molecule has 0 spiro atoms. The third-order valence-electron chi connectivity index (χ3n) is 2.44. The molecule has 16 heavy (non-hydrogen) atoms. The lowest BCUT2D eigenvalue weighted by atomic mass is 10.0. The molecule has 0 unspecified atom stereocenters. The molecule has 2 rings (SSSR count). The summed E-state index contributed by atoms with van der Waals surface area (Å²) in [4.78, 5) is 12.4. The van der Waals surface area contributed by atoms with E-state index < -0.39 is 6.05 Å². The molecule has 1 heterocycles. The van der Waals surface area contributed by atoms with Gasteiger partial charge in [-0.25, -0.2) is 4.79 Å². The number of hydrogen-bond acceptors (Lipinski definition) is 3. The molecule has 0 radical (unpaired) electrons. The van der Waals surface area contributed by atoms with Crippen LogP contribution in [0.15, 0.2) is 23.2 Å². The number of halogens is 2. The van der Waals surface area contributed by atoms with Crippen molar-refractivity contribution >= 4 is 6.08 Å². The van der Waals surface area contributed by atoms with Crippen LogP contribution in [0, 0.1) is 0 Å². The lowest BCUT2D eigenvalue weighted by Crippen LogP contribution is -2.13. The van der Waals surface area contributed by atoms with Gasteiger partial charge in [0.05, 0.1) is 6.61 Å². The van der Waals surface area contributed by atoms with E-state index in [-0.39, 0.29) is 5.56 Å². The normalized spacial score (nSPS) is 14.6. The molecule has 1 aliphatic rings. The fourth-order valence-electron chi connectivity index (χ4n) is 1.67. The van der Waals surface area contributed by atoms with E-state index in [1.54, 1.807) is 0 Å². The molecule has 0 bridgehead atoms. The van der Waals surface area contributed by atoms with E-state index in [9.17, 15) is 13.6 Å². The van der Waals surface area contributed by atoms with Gasteiger partial charge in [-0.15, -0.1) is 4.99 Å². The predicted octanol–water partition coefficient (Wildman–Crippen LogP) is 2.40. The monoisotopic (exact) mass is 225 g/mol. The highest BCUT2D eigenvalue weighted by Crippen LogP contribution is 2.33. The van der Waals surface area contributed by atoms with Crippen LogP contribution in [-0.2, 0) is 17.3 Å². The summed E-state index contributed by atoms with van der Waals surface area (Å²) in [5.74, 6) is 0.626. The van der Waals surface area contributed by atoms with Crippen LogP contribution >= 0.6 is 0 Å². The first-order valence-electron chi connectivity index (χ1n) is 4.86. The number of alkyl halides is 2. The molecular formula is C11H9F2NO2. The quantitative estimate of drug-likeness (QED) is 0.440. The number of aryl methyl sites for hydroxylation is 1. The van der Waals surface area contributed by atoms with E-state index in [1.807, 2.05) is 0 Å². The SMILES string of the molecule is O=C=NC(F)(F)c1ccc2c(c1)CCCO2. The zero-order chi connectivity index (χ0) is 11.6. The van der Waals surface area contributed by atoms with Crippen molar-refractivity contribution in [1.82, 2.24) is 0 Å². The van der Waals surface area contributed by atoms with Crippen molar-refractivity contribution in [2.75, 3.05) is 6.61 Å². The number of carbonyl (C=O) groups excluding carboxylic acids is 1. The lowest BCUT2D eigenvalue weighted by Gasteiger charge is -2.19. The van der Waals surface area contributed by atoms with Crippen LogP contribution in [0.5, 0.6) is 5.75 Å². The Balaban J connectivity index is 2.40. The summed E-state index contributed by atoms with van der Waals surface area (Å²) < 4.78 is 31.8. The fourth-order valence-corrected chi connectivity index (χ4v) is 1.67. The number of hydrogen-bond donors (Lipinski definition) is 0. The number of rotatable bonds is 2. The Bertz CT molecular complexity index is 453. The van der Waals surface area contributed by atoms with Gasteiger partial charge >= 0.3 is 6.05 Å². The topological polar surface area (TPSA) is 38.7 Å². The maximum absolute atomic E-state index is 13.3. The third-order valence-corrected chi connectivity index (χ3v) is 2.44. The summed E-state index contributed by atoms with van der Waals surface area (Å²) in [6.45, 7) is 0.606. The Kier molecular flexibility index (Phi) is 2.71. The highest BCUT2D eigenvalue weighted by atomic mass is 19.3. The van der Waals surface area contributed by atoms with Crippen LogP contribution in [-0.4, -0.2) is 12.7 Å². The van der Waals surface area contributed by atoms with Crippen molar-refractivity contribution < 1.29 is 18.3 Å². The summed E-state index contributed by atoms with van der Waals surface area (Å²) in [5.41, 5.74) is 0.421. The van der Waals surface area contributed by atoms with E-state index in [1.165, 1.54) is 18.2 Å². The van der Waals surface area contributed by atoms with Gasteiger partial charge in [-0.05, 0) is 36.6 Å². The number of aliphatic imine (C=N–C) groups is 1. The number of benzene rings is 1. The second kappa shape index (κ2) is 4.02. The smallest absolute Gasteiger partial charge is 0.379 e. The van der Waals surface area contributed by atoms with Crippen LogP contribution in [0.3, 0.4) is 0 Å². The van der Waals surface area contributed by atoms with Gasteiger partial charge in [-0.1, -0.05) is 0 Å². The molecule has 5 heteroatoms. The minimum absolute atomic E-state index is 0.305. The lowest BCUT2D eigenvalue weighted by molar-refractivity contribution is 0.00600. The number of ether oxygens (including phenoxy) is 1. The molecule has 0 fully saturated rings. The minimum Gasteiger partial charge on any atom is -0.493 e. The van der Waals surface area contributed by atoms with E-state index >= 15 is 0 Å². The van der Waals surface area contributed by atoms with Gasteiger partial charge in [-0.2, -0.15) is 8.78 Å². The van der Waals surface area contributed by atoms with Gasteiger partial charge in [0.25, 0.3) is 0 Å². The summed E-state index contributed by atoms with van der Waals surface area (Å²) in [7, 11) is 0. The third kappa shape index (κ3) is 1.95. The molecule has 0 saturated heterocycles. The van der Waals surface area contributed by atoms with Crippen molar-refractivity contribution in [2.24, 2.45) is 4.99 Å². The largest absolute Gasteiger partial charge is 0.493 e. The van der Waals surface area contributed by atoms with Gasteiger partial charge in [0.15, 0.2) is 0 Å². The number of fused-ring (bicyclic) bond motifs is 1. The van der Waals surface area contributed by atoms with Crippen molar-refractivity contribution in [2.45, 2.75) is 18.9 Å². The Morgan fingerprint density at radius 1 is 1.44 bits per heavy atom. The van der Waals surface area contributed by atoms with Crippen molar-refractivity contribution in [3.63, 3.8) is 0 Å². The van der Waals surface area contributed by atoms with E-state index in [0.29, 0.717) is 18.8 Å². The first kappa shape index (κ1) is 10.8. The number of nitrogens with zero attached hydrogens (tertiary/aromatic N) is 1. The van der Waals surface area contributed by atoms with Crippen LogP contribution in [0.2, 0.25) is 0 Å². The summed E-state index contributed by atoms with van der Waals surface area (Å²) in [6.07, 6.45) is 2.38. The summed E-state index contributed by atoms with van der Waals surface area (Å²) in [6, 6.07) is 0.520. The highest BCUT2D eigenvalue weighted by molar-refractivity contribution is 5.41. The van der Waals surface area contributed by atoms with Crippen LogP contribution in [0.1, 0.15) is 17.5 Å². The first-order chi connectivity index (χ1) is 7.63. The minimum atomic E-state index is -3.51. The highest BCUT2D eigenvalue weighted by Gasteiger charge is 2.31. The molecule has 0 N–H and O–H groups in total. The first-order valence-corrected chi connectivity index (χ1v) is 4.86. The van der Waals surface area contributed by atoms with Crippen LogP contribution < -0.4 is 4.74 Å². The number of isocyanates is 1. The molecule has 1 aliphatic heterocycles. The Morgan fingerprint density at radius 3 is 3.00 bits per heavy atom. The molecule has 0 aromatic heterocycles. The molecule has 0 atom stereocenters. The van der Waals surface area contributed by atoms with Crippen molar-refractivity contribution in [3.8, 4) is 5.75 Å². The Morgan fingerprint density at radius 2 is 2.25 bits per heavy atom. The average Bonchev–Trinajstić information content (AvgIpc) is 2.28. The molecule has 1 aromatic carbocycles. The van der Waals surface area contributed by atoms with Crippen molar-refractivity contribution in [1.29, 1.82) is 0 Å². The van der Waals surface area contributed by atoms with Gasteiger partial charge in [0, 0.05) is 5.56 Å². The second-order valence-corrected chi connectivity index (χ2v) is 3.52. The van der Waals surface area contributed by atoms with E-state index in [2.05, 4.69) is 4.99 Å². The van der Waals surface area contributed by atoms with Gasteiger partial charge < -0.3 is 4.74 Å². The zero-order valence-corrected chi connectivity index (χ0v) is 8.37. The average molecular weight is 225 g/mol. The van der Waals surface area contributed by atoms with Gasteiger partial charge in [0.2, 0.25) is 6.08 Å². The van der Waals surface area contributed by atoms with E-state index in [4.69, 9.17) is 4.74 Å². The second-order valence-electron chi connectivity index (χ2n) is 3.52. The molecule has 0 amide bonds. The Hall–Kier alpha value is -1.74. The molecular weight excluding hydrogens is 216 g/mol. The fraction of sp³-hybridized carbons (Fsp3) is 0.364.